The van der Waals surface area contributed by atoms with Crippen LogP contribution in [0.2, 0.25) is 0 Å². The van der Waals surface area contributed by atoms with Crippen molar-refractivity contribution in [3.63, 3.8) is 0 Å². The fraction of sp³-hybridized carbons (Fsp3) is 0.143. The molecule has 0 saturated carbocycles. The van der Waals surface area contributed by atoms with Gasteiger partial charge in [-0.05, 0) is 60.1 Å². The number of halogens is 1. The largest absolute Gasteiger partial charge is 0.471 e. The van der Waals surface area contributed by atoms with Gasteiger partial charge in [-0.1, -0.05) is 30.3 Å². The van der Waals surface area contributed by atoms with Crippen molar-refractivity contribution in [2.75, 3.05) is 6.61 Å². The third-order valence-corrected chi connectivity index (χ3v) is 6.47. The molecule has 0 radical (unpaired) electrons. The van der Waals surface area contributed by atoms with Crippen molar-refractivity contribution in [3.8, 4) is 17.3 Å². The number of hydrogen-bond donors (Lipinski definition) is 0. The summed E-state index contributed by atoms with van der Waals surface area (Å²) in [7, 11) is 0. The predicted molar refractivity (Wildman–Crippen MR) is 152 cm³/mol. The molecule has 0 fully saturated rings. The molecular weight excluding hydrogens is 584 g/mol. The van der Waals surface area contributed by atoms with Crippen LogP contribution in [-0.4, -0.2) is 39.5 Å². The average molecular weight is 605 g/mol. The molecule has 1 atom stereocenters. The van der Waals surface area contributed by atoms with Gasteiger partial charge >= 0.3 is 11.7 Å². The van der Waals surface area contributed by atoms with Crippen LogP contribution in [0.3, 0.4) is 0 Å². The number of aromatic nitrogens is 2. The van der Waals surface area contributed by atoms with Crippen molar-refractivity contribution in [2.24, 2.45) is 5.10 Å². The zero-order valence-electron chi connectivity index (χ0n) is 21.2. The minimum absolute atomic E-state index is 0.143. The van der Waals surface area contributed by atoms with Gasteiger partial charge in [0.15, 0.2) is 11.9 Å². The molecular formula is C28H21BrN4O7. The van der Waals surface area contributed by atoms with E-state index in [9.17, 15) is 19.7 Å². The van der Waals surface area contributed by atoms with Gasteiger partial charge in [-0.25, -0.2) is 9.78 Å². The molecule has 2 heterocycles. The summed E-state index contributed by atoms with van der Waals surface area (Å²) in [6.07, 6.45) is 0.212. The Hall–Kier alpha value is -4.84. The van der Waals surface area contributed by atoms with Crippen molar-refractivity contribution >= 4 is 55.7 Å². The van der Waals surface area contributed by atoms with Crippen molar-refractivity contribution < 1.29 is 23.6 Å². The second kappa shape index (κ2) is 11.1. The second-order valence-electron chi connectivity index (χ2n) is 8.58. The standard InChI is InChI=1S/C28H21BrN4O7/c1-3-38-28(35)16(2)39-25-20(29)12-17(13-22(25)33(36)37)15-30-32-26(24-14-18-8-4-7-11-23(18)40-24)31-21-10-6-5-9-19(21)27(32)34/h4-16H,3H2,1-2H3/t16-/m1/s1. The lowest BCUT2D eigenvalue weighted by atomic mass is 10.2. The number of benzene rings is 3. The number of nitro groups is 1. The third-order valence-electron chi connectivity index (χ3n) is 5.88. The number of para-hydroxylation sites is 2. The maximum Gasteiger partial charge on any atom is 0.347 e. The Balaban J connectivity index is 1.60. The number of carbonyl (C=O) groups excluding carboxylic acids is 1. The molecule has 3 aromatic carbocycles. The molecule has 11 nitrogen and oxygen atoms in total. The number of rotatable bonds is 8. The van der Waals surface area contributed by atoms with Crippen LogP contribution in [0, 0.1) is 10.1 Å². The maximum absolute atomic E-state index is 13.5. The zero-order chi connectivity index (χ0) is 28.4. The molecule has 0 saturated heterocycles. The van der Waals surface area contributed by atoms with Crippen LogP contribution in [-0.2, 0) is 9.53 Å². The zero-order valence-corrected chi connectivity index (χ0v) is 22.8. The second-order valence-corrected chi connectivity index (χ2v) is 9.44. The number of hydrogen-bond acceptors (Lipinski definition) is 9. The Labute approximate surface area is 234 Å². The Morgan fingerprint density at radius 1 is 1.20 bits per heavy atom. The Kier molecular flexibility index (Phi) is 7.43. The van der Waals surface area contributed by atoms with Gasteiger partial charge in [0, 0.05) is 17.0 Å². The molecule has 0 spiro atoms. The van der Waals surface area contributed by atoms with E-state index in [2.05, 4.69) is 26.0 Å². The topological polar surface area (TPSA) is 139 Å². The van der Waals surface area contributed by atoms with Crippen molar-refractivity contribution in [1.82, 2.24) is 9.66 Å². The van der Waals surface area contributed by atoms with Crippen LogP contribution < -0.4 is 10.3 Å². The van der Waals surface area contributed by atoms with Crippen LogP contribution >= 0.6 is 15.9 Å². The molecule has 12 heteroatoms. The molecule has 0 aliphatic carbocycles. The number of nitro benzene ring substituents is 1. The summed E-state index contributed by atoms with van der Waals surface area (Å²) in [5.74, 6) is -0.316. The van der Waals surface area contributed by atoms with Gasteiger partial charge in [0.05, 0.1) is 33.1 Å². The molecule has 40 heavy (non-hydrogen) atoms. The first-order valence-electron chi connectivity index (χ1n) is 12.1. The van der Waals surface area contributed by atoms with Crippen LogP contribution in [0.4, 0.5) is 5.69 Å². The van der Waals surface area contributed by atoms with Gasteiger partial charge in [0.2, 0.25) is 11.6 Å². The van der Waals surface area contributed by atoms with Gasteiger partial charge in [-0.2, -0.15) is 9.78 Å². The van der Waals surface area contributed by atoms with Gasteiger partial charge in [0.25, 0.3) is 5.56 Å². The lowest BCUT2D eigenvalue weighted by Gasteiger charge is -2.15. The van der Waals surface area contributed by atoms with Crippen LogP contribution in [0.25, 0.3) is 33.5 Å². The van der Waals surface area contributed by atoms with Gasteiger partial charge < -0.3 is 13.9 Å². The summed E-state index contributed by atoms with van der Waals surface area (Å²) >= 11 is 3.29. The number of nitrogens with zero attached hydrogens (tertiary/aromatic N) is 4. The average Bonchev–Trinajstić information content (AvgIpc) is 3.38. The fourth-order valence-electron chi connectivity index (χ4n) is 4.02. The highest BCUT2D eigenvalue weighted by Crippen LogP contribution is 2.37. The summed E-state index contributed by atoms with van der Waals surface area (Å²) in [5.41, 5.74) is 0.500. The molecule has 202 valence electrons. The van der Waals surface area contributed by atoms with Crippen molar-refractivity contribution in [1.29, 1.82) is 0 Å². The quantitative estimate of drug-likeness (QED) is 0.0951. The number of ether oxygens (including phenoxy) is 2. The van der Waals surface area contributed by atoms with E-state index in [0.717, 1.165) is 10.1 Å². The summed E-state index contributed by atoms with van der Waals surface area (Å²) in [6, 6.07) is 18.7. The summed E-state index contributed by atoms with van der Waals surface area (Å²) < 4.78 is 17.7. The van der Waals surface area contributed by atoms with Gasteiger partial charge in [-0.3, -0.25) is 14.9 Å². The highest BCUT2D eigenvalue weighted by atomic mass is 79.9. The molecule has 0 bridgehead atoms. The maximum atomic E-state index is 13.5. The Bertz CT molecular complexity index is 1830. The Morgan fingerprint density at radius 3 is 2.70 bits per heavy atom. The first-order chi connectivity index (χ1) is 19.3. The number of esters is 1. The van der Waals surface area contributed by atoms with E-state index in [4.69, 9.17) is 13.9 Å². The minimum atomic E-state index is -1.08. The van der Waals surface area contributed by atoms with E-state index < -0.39 is 28.2 Å². The normalized spacial score (nSPS) is 12.2. The smallest absolute Gasteiger partial charge is 0.347 e. The van der Waals surface area contributed by atoms with Gasteiger partial charge in [0.1, 0.15) is 5.58 Å². The van der Waals surface area contributed by atoms with E-state index in [0.29, 0.717) is 22.2 Å². The summed E-state index contributed by atoms with van der Waals surface area (Å²) in [5, 5.41) is 17.4. The molecule has 5 aromatic rings. The summed E-state index contributed by atoms with van der Waals surface area (Å²) in [4.78, 5) is 41.3. The minimum Gasteiger partial charge on any atom is -0.471 e. The van der Waals surface area contributed by atoms with Crippen molar-refractivity contribution in [3.05, 3.63) is 97.2 Å². The monoisotopic (exact) mass is 604 g/mol. The Morgan fingerprint density at radius 2 is 1.95 bits per heavy atom. The molecule has 0 amide bonds. The molecule has 0 aliphatic rings. The molecule has 2 aromatic heterocycles. The van der Waals surface area contributed by atoms with E-state index in [1.165, 1.54) is 25.3 Å². The molecule has 0 N–H and O–H groups in total. The first kappa shape index (κ1) is 26.8. The third kappa shape index (κ3) is 5.21. The van der Waals surface area contributed by atoms with Crippen LogP contribution in [0.1, 0.15) is 19.4 Å². The lowest BCUT2D eigenvalue weighted by Crippen LogP contribution is -2.26. The molecule has 0 aliphatic heterocycles. The number of fused-ring (bicyclic) bond motifs is 2. The van der Waals surface area contributed by atoms with E-state index in [1.54, 1.807) is 43.3 Å². The van der Waals surface area contributed by atoms with Crippen LogP contribution in [0.15, 0.2) is 85.5 Å². The fourth-order valence-corrected chi connectivity index (χ4v) is 4.58. The molecule has 5 rings (SSSR count). The van der Waals surface area contributed by atoms with Gasteiger partial charge in [-0.15, -0.1) is 0 Å². The highest BCUT2D eigenvalue weighted by Gasteiger charge is 2.25. The summed E-state index contributed by atoms with van der Waals surface area (Å²) in [6.45, 7) is 3.22. The van der Waals surface area contributed by atoms with Crippen molar-refractivity contribution in [2.45, 2.75) is 20.0 Å². The highest BCUT2D eigenvalue weighted by molar-refractivity contribution is 9.10. The lowest BCUT2D eigenvalue weighted by molar-refractivity contribution is -0.386. The first-order valence-corrected chi connectivity index (χ1v) is 12.9. The van der Waals surface area contributed by atoms with Crippen LogP contribution in [0.5, 0.6) is 5.75 Å². The van der Waals surface area contributed by atoms with E-state index in [-0.39, 0.29) is 28.2 Å². The van der Waals surface area contributed by atoms with E-state index in [1.807, 2.05) is 18.2 Å². The molecule has 0 unspecified atom stereocenters. The van der Waals surface area contributed by atoms with E-state index >= 15 is 0 Å². The predicted octanol–water partition coefficient (Wildman–Crippen LogP) is 5.69. The number of carbonyl (C=O) groups is 1. The number of furan rings is 1. The SMILES string of the molecule is CCOC(=O)[C@@H](C)Oc1c(Br)cc(C=Nn2c(-c3cc4ccccc4o3)nc3ccccc3c2=O)cc1[N+](=O)[O-].